The highest BCUT2D eigenvalue weighted by Crippen LogP contribution is 2.34. The number of benzene rings is 1. The fourth-order valence-electron chi connectivity index (χ4n) is 3.07. The first-order valence-corrected chi connectivity index (χ1v) is 10.6. The molecule has 35 heavy (non-hydrogen) atoms. The molecule has 2 amide bonds. The number of amides is 2. The number of rotatable bonds is 5. The summed E-state index contributed by atoms with van der Waals surface area (Å²) in [5.74, 6) is -7.55. The molecule has 8 nitrogen and oxygen atoms in total. The quantitative estimate of drug-likeness (QED) is 0.432. The van der Waals surface area contributed by atoms with Crippen LogP contribution in [-0.2, 0) is 27.5 Å². The zero-order chi connectivity index (χ0) is 27.4. The van der Waals surface area contributed by atoms with Crippen LogP contribution >= 0.6 is 11.6 Å². The van der Waals surface area contributed by atoms with Gasteiger partial charge in [-0.05, 0) is 28.7 Å². The van der Waals surface area contributed by atoms with Crippen LogP contribution in [0.15, 0.2) is 18.2 Å². The van der Waals surface area contributed by atoms with Crippen LogP contribution in [0.5, 0.6) is 0 Å². The maximum absolute atomic E-state index is 14.0. The lowest BCUT2D eigenvalue weighted by atomic mass is 9.88. The van der Waals surface area contributed by atoms with Gasteiger partial charge in [0.2, 0.25) is 5.91 Å². The van der Waals surface area contributed by atoms with E-state index in [1.807, 2.05) is 0 Å². The molecular formula is C21H27ClF5N3O5. The number of hydrogen-bond acceptors (Lipinski definition) is 5. The minimum Gasteiger partial charge on any atom is -0.475 e. The summed E-state index contributed by atoms with van der Waals surface area (Å²) in [6, 6.07) is 3.67. The summed E-state index contributed by atoms with van der Waals surface area (Å²) in [5, 5.41) is 20.4. The lowest BCUT2D eigenvalue weighted by Gasteiger charge is -2.31. The van der Waals surface area contributed by atoms with Crippen molar-refractivity contribution in [3.8, 4) is 0 Å². The van der Waals surface area contributed by atoms with Gasteiger partial charge in [-0.3, -0.25) is 9.59 Å². The second-order valence-electron chi connectivity index (χ2n) is 8.95. The number of nitrogens with two attached hydrogens (primary N) is 1. The first-order valence-electron chi connectivity index (χ1n) is 10.2. The number of nitrogens with one attached hydrogen (secondary N) is 1. The number of aliphatic hydroxyl groups is 1. The molecule has 1 aromatic rings. The molecule has 14 heteroatoms. The summed E-state index contributed by atoms with van der Waals surface area (Å²) in [5.41, 5.74) is 6.25. The highest BCUT2D eigenvalue weighted by Gasteiger charge is 2.51. The molecule has 0 bridgehead atoms. The summed E-state index contributed by atoms with van der Waals surface area (Å²) in [6.45, 7) is 4.22. The number of alkyl halides is 5. The van der Waals surface area contributed by atoms with Crippen LogP contribution in [0.25, 0.3) is 0 Å². The Hall–Kier alpha value is -2.51. The molecule has 1 fully saturated rings. The number of carbonyl (C=O) groups excluding carboxylic acids is 2. The number of nitrogens with zero attached hydrogens (tertiary/aromatic N) is 1. The summed E-state index contributed by atoms with van der Waals surface area (Å²) in [4.78, 5) is 34.8. The highest BCUT2D eigenvalue weighted by molar-refractivity contribution is 6.30. The molecule has 0 saturated carbocycles. The van der Waals surface area contributed by atoms with E-state index >= 15 is 0 Å². The minimum atomic E-state index is -5.08. The molecule has 2 rings (SSSR count). The van der Waals surface area contributed by atoms with Crippen molar-refractivity contribution in [3.63, 3.8) is 0 Å². The number of carboxylic acids is 1. The van der Waals surface area contributed by atoms with Gasteiger partial charge in [-0.15, -0.1) is 0 Å². The number of halogens is 6. The van der Waals surface area contributed by atoms with Gasteiger partial charge in [-0.25, -0.2) is 13.6 Å². The van der Waals surface area contributed by atoms with E-state index in [1.54, 1.807) is 39.0 Å². The molecule has 5 N–H and O–H groups in total. The smallest absolute Gasteiger partial charge is 0.475 e. The standard InChI is InChI=1S/C19H26ClF2N3O3.C2HF3O2/c1-18(2,3)15(26)17(28)25-10-19(21,22)7-14(25)16(27)24-9-12-6-13(20)5-4-11(12)8-23;3-2(4,5)1(6)7/h4-6,14-15,26H,7-10,23H2,1-3H3,(H,24,27);(H,6,7)/t14-,15-;/m0./s1. The fraction of sp³-hybridized carbons (Fsp3) is 0.571. The average Bonchev–Trinajstić information content (AvgIpc) is 3.05. The zero-order valence-electron chi connectivity index (χ0n) is 19.1. The molecular weight excluding hydrogens is 505 g/mol. The summed E-state index contributed by atoms with van der Waals surface area (Å²) >= 11 is 5.96. The summed E-state index contributed by atoms with van der Waals surface area (Å²) < 4.78 is 59.7. The van der Waals surface area contributed by atoms with Crippen LogP contribution in [0.2, 0.25) is 5.02 Å². The van der Waals surface area contributed by atoms with Gasteiger partial charge in [-0.2, -0.15) is 13.2 Å². The number of aliphatic hydroxyl groups excluding tert-OH is 1. The van der Waals surface area contributed by atoms with Crippen LogP contribution in [0.1, 0.15) is 38.3 Å². The molecule has 0 unspecified atom stereocenters. The largest absolute Gasteiger partial charge is 0.490 e. The summed E-state index contributed by atoms with van der Waals surface area (Å²) in [6.07, 6.45) is -7.37. The van der Waals surface area contributed by atoms with Crippen LogP contribution in [0.3, 0.4) is 0 Å². The fourth-order valence-corrected chi connectivity index (χ4v) is 3.26. The van der Waals surface area contributed by atoms with Gasteiger partial charge in [0.25, 0.3) is 11.8 Å². The monoisotopic (exact) mass is 531 g/mol. The molecule has 1 heterocycles. The zero-order valence-corrected chi connectivity index (χ0v) is 19.9. The number of carboxylic acid groups (broad SMARTS) is 1. The Morgan fingerprint density at radius 1 is 1.23 bits per heavy atom. The van der Waals surface area contributed by atoms with Crippen LogP contribution in [0, 0.1) is 5.41 Å². The van der Waals surface area contributed by atoms with Crippen LogP contribution in [0.4, 0.5) is 22.0 Å². The minimum absolute atomic E-state index is 0.0395. The van der Waals surface area contributed by atoms with Crippen molar-refractivity contribution in [3.05, 3.63) is 34.3 Å². The van der Waals surface area contributed by atoms with E-state index in [4.69, 9.17) is 27.2 Å². The van der Waals surface area contributed by atoms with Gasteiger partial charge >= 0.3 is 12.1 Å². The Kier molecular flexibility index (Phi) is 10.0. The Labute approximate surface area is 203 Å². The Morgan fingerprint density at radius 3 is 2.23 bits per heavy atom. The highest BCUT2D eigenvalue weighted by atomic mass is 35.5. The third kappa shape index (κ3) is 8.89. The molecule has 0 aromatic heterocycles. The lowest BCUT2D eigenvalue weighted by molar-refractivity contribution is -0.192. The van der Waals surface area contributed by atoms with Crippen molar-refractivity contribution in [1.82, 2.24) is 10.2 Å². The van der Waals surface area contributed by atoms with Gasteiger partial charge in [-0.1, -0.05) is 38.4 Å². The third-order valence-electron chi connectivity index (χ3n) is 4.99. The third-order valence-corrected chi connectivity index (χ3v) is 5.23. The SMILES string of the molecule is CC(C)(C)[C@@H](O)C(=O)N1CC(F)(F)C[C@H]1C(=O)NCc1cc(Cl)ccc1CN.O=C(O)C(F)(F)F. The van der Waals surface area contributed by atoms with Gasteiger partial charge in [0.1, 0.15) is 12.1 Å². The topological polar surface area (TPSA) is 133 Å². The van der Waals surface area contributed by atoms with Crippen LogP contribution in [-0.4, -0.2) is 63.7 Å². The number of likely N-dealkylation sites (tertiary alicyclic amines) is 1. The van der Waals surface area contributed by atoms with Gasteiger partial charge < -0.3 is 26.2 Å². The van der Waals surface area contributed by atoms with E-state index in [2.05, 4.69) is 5.32 Å². The second-order valence-corrected chi connectivity index (χ2v) is 9.38. The molecule has 0 radical (unpaired) electrons. The van der Waals surface area contributed by atoms with Crippen LogP contribution < -0.4 is 11.1 Å². The van der Waals surface area contributed by atoms with Crippen molar-refractivity contribution in [2.75, 3.05) is 6.54 Å². The van der Waals surface area contributed by atoms with E-state index in [-0.39, 0.29) is 13.1 Å². The predicted molar refractivity (Wildman–Crippen MR) is 115 cm³/mol. The summed E-state index contributed by atoms with van der Waals surface area (Å²) in [7, 11) is 0. The first kappa shape index (κ1) is 30.5. The number of carbonyl (C=O) groups is 3. The molecule has 0 aliphatic carbocycles. The van der Waals surface area contributed by atoms with E-state index in [1.165, 1.54) is 0 Å². The van der Waals surface area contributed by atoms with Crippen molar-refractivity contribution < 1.29 is 46.5 Å². The molecule has 1 saturated heterocycles. The lowest BCUT2D eigenvalue weighted by Crippen LogP contribution is -2.51. The maximum Gasteiger partial charge on any atom is 0.490 e. The normalized spacial score (nSPS) is 18.4. The molecule has 2 atom stereocenters. The first-order chi connectivity index (χ1) is 15.8. The molecule has 1 aliphatic rings. The Balaban J connectivity index is 0.000000762. The predicted octanol–water partition coefficient (Wildman–Crippen LogP) is 2.69. The number of aliphatic carboxylic acids is 1. The Bertz CT molecular complexity index is 937. The molecule has 1 aliphatic heterocycles. The van der Waals surface area contributed by atoms with E-state index < -0.39 is 60.4 Å². The van der Waals surface area contributed by atoms with Crippen molar-refractivity contribution in [1.29, 1.82) is 0 Å². The van der Waals surface area contributed by atoms with E-state index in [0.29, 0.717) is 10.6 Å². The molecule has 198 valence electrons. The number of hydrogen-bond donors (Lipinski definition) is 4. The second kappa shape index (κ2) is 11.5. The molecule has 0 spiro atoms. The maximum atomic E-state index is 14.0. The van der Waals surface area contributed by atoms with E-state index in [0.717, 1.165) is 10.5 Å². The van der Waals surface area contributed by atoms with Gasteiger partial charge in [0, 0.05) is 24.5 Å². The van der Waals surface area contributed by atoms with Gasteiger partial charge in [0.05, 0.1) is 6.54 Å². The van der Waals surface area contributed by atoms with Crippen molar-refractivity contribution in [2.45, 2.75) is 64.5 Å². The van der Waals surface area contributed by atoms with Gasteiger partial charge in [0.15, 0.2) is 0 Å². The Morgan fingerprint density at radius 2 is 1.77 bits per heavy atom. The van der Waals surface area contributed by atoms with Crippen molar-refractivity contribution in [2.24, 2.45) is 11.1 Å². The van der Waals surface area contributed by atoms with Crippen molar-refractivity contribution >= 4 is 29.4 Å². The average molecular weight is 532 g/mol. The molecule has 1 aromatic carbocycles. The van der Waals surface area contributed by atoms with E-state index in [9.17, 15) is 36.6 Å².